The van der Waals surface area contributed by atoms with Crippen LogP contribution in [0.5, 0.6) is 0 Å². The van der Waals surface area contributed by atoms with Crippen molar-refractivity contribution in [2.24, 2.45) is 7.05 Å². The molecular formula is C11H10N4. The molecule has 0 saturated carbocycles. The Morgan fingerprint density at radius 1 is 1.20 bits per heavy atom. The third kappa shape index (κ3) is 1.15. The predicted molar refractivity (Wildman–Crippen MR) is 57.4 cm³/mol. The lowest BCUT2D eigenvalue weighted by molar-refractivity contribution is 0.928. The van der Waals surface area contributed by atoms with E-state index in [4.69, 9.17) is 0 Å². The van der Waals surface area contributed by atoms with Gasteiger partial charge in [0.2, 0.25) is 0 Å². The van der Waals surface area contributed by atoms with E-state index in [1.165, 1.54) is 0 Å². The van der Waals surface area contributed by atoms with Crippen LogP contribution in [0.2, 0.25) is 0 Å². The summed E-state index contributed by atoms with van der Waals surface area (Å²) < 4.78 is 3.89. The zero-order valence-electron chi connectivity index (χ0n) is 8.33. The van der Waals surface area contributed by atoms with Gasteiger partial charge in [0.05, 0.1) is 17.5 Å². The van der Waals surface area contributed by atoms with E-state index in [0.717, 1.165) is 16.9 Å². The van der Waals surface area contributed by atoms with E-state index in [1.54, 1.807) is 6.20 Å². The normalized spacial score (nSPS) is 11.0. The zero-order valence-corrected chi connectivity index (χ0v) is 8.33. The second-order valence-electron chi connectivity index (χ2n) is 3.45. The molecule has 0 atom stereocenters. The molecule has 15 heavy (non-hydrogen) atoms. The number of nitrogens with zero attached hydrogens (tertiary/aromatic N) is 4. The van der Waals surface area contributed by atoms with Gasteiger partial charge in [0.25, 0.3) is 0 Å². The molecule has 4 heteroatoms. The quantitative estimate of drug-likeness (QED) is 0.597. The van der Waals surface area contributed by atoms with Crippen molar-refractivity contribution < 1.29 is 0 Å². The van der Waals surface area contributed by atoms with Gasteiger partial charge in [-0.25, -0.2) is 4.52 Å². The minimum absolute atomic E-state index is 0.953. The molecular weight excluding hydrogens is 188 g/mol. The van der Waals surface area contributed by atoms with Crippen LogP contribution >= 0.6 is 0 Å². The van der Waals surface area contributed by atoms with E-state index in [0.29, 0.717) is 0 Å². The van der Waals surface area contributed by atoms with Crippen LogP contribution in [-0.2, 0) is 7.05 Å². The third-order valence-corrected chi connectivity index (χ3v) is 2.48. The Hall–Kier alpha value is -2.10. The maximum absolute atomic E-state index is 4.33. The molecule has 0 amide bonds. The monoisotopic (exact) mass is 198 g/mol. The summed E-state index contributed by atoms with van der Waals surface area (Å²) in [6, 6.07) is 5.88. The van der Waals surface area contributed by atoms with Crippen LogP contribution in [0.1, 0.15) is 0 Å². The number of rotatable bonds is 1. The van der Waals surface area contributed by atoms with Crippen molar-refractivity contribution in [3.8, 4) is 11.3 Å². The van der Waals surface area contributed by atoms with Gasteiger partial charge in [0, 0.05) is 25.6 Å². The summed E-state index contributed by atoms with van der Waals surface area (Å²) in [5.41, 5.74) is 3.08. The Morgan fingerprint density at radius 3 is 2.93 bits per heavy atom. The standard InChI is InChI=1S/C11H10N4/c1-14-6-7-15-11(14)9(8-13-15)10-4-2-3-5-12-10/h2-8H,1H3. The van der Waals surface area contributed by atoms with Gasteiger partial charge in [0.15, 0.2) is 0 Å². The van der Waals surface area contributed by atoms with Crippen LogP contribution in [0.25, 0.3) is 16.9 Å². The molecule has 0 aliphatic carbocycles. The molecule has 0 radical (unpaired) electrons. The van der Waals surface area contributed by atoms with Gasteiger partial charge < -0.3 is 4.57 Å². The van der Waals surface area contributed by atoms with Crippen molar-refractivity contribution in [2.75, 3.05) is 0 Å². The fraction of sp³-hybridized carbons (Fsp3) is 0.0909. The fourth-order valence-electron chi connectivity index (χ4n) is 1.75. The number of pyridine rings is 1. The molecule has 0 unspecified atom stereocenters. The molecule has 0 aromatic carbocycles. The van der Waals surface area contributed by atoms with Crippen molar-refractivity contribution >= 4 is 5.65 Å². The van der Waals surface area contributed by atoms with E-state index in [9.17, 15) is 0 Å². The number of aromatic nitrogens is 4. The molecule has 74 valence electrons. The van der Waals surface area contributed by atoms with Crippen LogP contribution in [0.4, 0.5) is 0 Å². The van der Waals surface area contributed by atoms with Gasteiger partial charge in [-0.05, 0) is 12.1 Å². The molecule has 3 aromatic rings. The fourth-order valence-corrected chi connectivity index (χ4v) is 1.75. The van der Waals surface area contributed by atoms with E-state index in [2.05, 4.69) is 10.1 Å². The molecule has 3 rings (SSSR count). The maximum atomic E-state index is 4.33. The molecule has 3 heterocycles. The molecule has 0 saturated heterocycles. The second-order valence-corrected chi connectivity index (χ2v) is 3.45. The number of hydrogen-bond acceptors (Lipinski definition) is 2. The topological polar surface area (TPSA) is 35.1 Å². The first kappa shape index (κ1) is 8.23. The number of aryl methyl sites for hydroxylation is 1. The van der Waals surface area contributed by atoms with Crippen molar-refractivity contribution in [1.29, 1.82) is 0 Å². The Kier molecular flexibility index (Phi) is 1.62. The van der Waals surface area contributed by atoms with E-state index in [1.807, 2.05) is 52.9 Å². The lowest BCUT2D eigenvalue weighted by atomic mass is 10.2. The first-order chi connectivity index (χ1) is 7.36. The highest BCUT2D eigenvalue weighted by molar-refractivity contribution is 5.74. The summed E-state index contributed by atoms with van der Waals surface area (Å²) in [5.74, 6) is 0. The molecule has 4 nitrogen and oxygen atoms in total. The number of fused-ring (bicyclic) bond motifs is 1. The lowest BCUT2D eigenvalue weighted by Gasteiger charge is -1.97. The smallest absolute Gasteiger partial charge is 0.144 e. The Morgan fingerprint density at radius 2 is 2.13 bits per heavy atom. The van der Waals surface area contributed by atoms with E-state index in [-0.39, 0.29) is 0 Å². The first-order valence-corrected chi connectivity index (χ1v) is 4.76. The van der Waals surface area contributed by atoms with Crippen LogP contribution in [0.15, 0.2) is 43.0 Å². The first-order valence-electron chi connectivity index (χ1n) is 4.76. The van der Waals surface area contributed by atoms with Gasteiger partial charge in [-0.1, -0.05) is 6.07 Å². The van der Waals surface area contributed by atoms with Gasteiger partial charge in [-0.2, -0.15) is 5.10 Å². The minimum atomic E-state index is 0.953. The predicted octanol–water partition coefficient (Wildman–Crippen LogP) is 1.73. The van der Waals surface area contributed by atoms with E-state index < -0.39 is 0 Å². The summed E-state index contributed by atoms with van der Waals surface area (Å²) in [7, 11) is 2.00. The summed E-state index contributed by atoms with van der Waals surface area (Å²) in [4.78, 5) is 4.33. The van der Waals surface area contributed by atoms with Crippen LogP contribution in [0.3, 0.4) is 0 Å². The summed E-state index contributed by atoms with van der Waals surface area (Å²) in [6.07, 6.45) is 7.55. The Balaban J connectivity index is 2.31. The Bertz CT molecular complexity index is 591. The summed E-state index contributed by atoms with van der Waals surface area (Å²) in [5, 5.41) is 4.27. The van der Waals surface area contributed by atoms with Gasteiger partial charge in [-0.3, -0.25) is 4.98 Å². The number of hydrogen-bond donors (Lipinski definition) is 0. The number of imidazole rings is 1. The zero-order chi connectivity index (χ0) is 10.3. The largest absolute Gasteiger partial charge is 0.334 e. The SMILES string of the molecule is Cn1ccn2ncc(-c3ccccn3)c12. The molecule has 0 aliphatic rings. The van der Waals surface area contributed by atoms with Crippen LogP contribution < -0.4 is 0 Å². The lowest BCUT2D eigenvalue weighted by Crippen LogP contribution is -1.89. The van der Waals surface area contributed by atoms with Gasteiger partial charge in [0.1, 0.15) is 5.65 Å². The summed E-state index contributed by atoms with van der Waals surface area (Å²) in [6.45, 7) is 0. The third-order valence-electron chi connectivity index (χ3n) is 2.48. The average molecular weight is 198 g/mol. The van der Waals surface area contributed by atoms with Crippen molar-refractivity contribution in [3.05, 3.63) is 43.0 Å². The van der Waals surface area contributed by atoms with E-state index >= 15 is 0 Å². The van der Waals surface area contributed by atoms with Crippen molar-refractivity contribution in [3.63, 3.8) is 0 Å². The summed E-state index contributed by atoms with van der Waals surface area (Å²) >= 11 is 0. The van der Waals surface area contributed by atoms with Crippen LogP contribution in [-0.4, -0.2) is 19.2 Å². The highest BCUT2D eigenvalue weighted by atomic mass is 15.3. The van der Waals surface area contributed by atoms with Crippen LogP contribution in [0, 0.1) is 0 Å². The van der Waals surface area contributed by atoms with Crippen molar-refractivity contribution in [1.82, 2.24) is 19.2 Å². The Labute approximate surface area is 86.8 Å². The highest BCUT2D eigenvalue weighted by Gasteiger charge is 2.09. The van der Waals surface area contributed by atoms with Crippen molar-refractivity contribution in [2.45, 2.75) is 0 Å². The van der Waals surface area contributed by atoms with Gasteiger partial charge >= 0.3 is 0 Å². The molecule has 0 bridgehead atoms. The molecule has 0 N–H and O–H groups in total. The highest BCUT2D eigenvalue weighted by Crippen LogP contribution is 2.21. The molecule has 3 aromatic heterocycles. The van der Waals surface area contributed by atoms with Gasteiger partial charge in [-0.15, -0.1) is 0 Å². The molecule has 0 spiro atoms. The minimum Gasteiger partial charge on any atom is -0.334 e. The second kappa shape index (κ2) is 2.95. The molecule has 0 fully saturated rings. The molecule has 0 aliphatic heterocycles. The maximum Gasteiger partial charge on any atom is 0.144 e. The average Bonchev–Trinajstić information content (AvgIpc) is 2.84.